The van der Waals surface area contributed by atoms with Gasteiger partial charge in [-0.25, -0.2) is 4.79 Å². The SMILES string of the molecule is COC(=O)c1ccc(C)c(-c2c(N)cnn2Cc2ccc(OC)cc2)c1. The van der Waals surface area contributed by atoms with Crippen molar-refractivity contribution in [3.8, 4) is 17.0 Å². The lowest BCUT2D eigenvalue weighted by atomic mass is 10.0. The van der Waals surface area contributed by atoms with Crippen LogP contribution in [0.5, 0.6) is 5.75 Å². The Hall–Kier alpha value is -3.28. The van der Waals surface area contributed by atoms with E-state index in [1.807, 2.05) is 41.9 Å². The molecule has 0 unspecified atom stereocenters. The number of benzene rings is 2. The molecule has 0 saturated carbocycles. The molecule has 26 heavy (non-hydrogen) atoms. The molecule has 134 valence electrons. The maximum absolute atomic E-state index is 11.9. The smallest absolute Gasteiger partial charge is 0.337 e. The number of hydrogen-bond acceptors (Lipinski definition) is 5. The molecule has 0 aliphatic carbocycles. The van der Waals surface area contributed by atoms with Crippen molar-refractivity contribution in [2.75, 3.05) is 20.0 Å². The van der Waals surface area contributed by atoms with Gasteiger partial charge in [0.05, 0.1) is 43.9 Å². The van der Waals surface area contributed by atoms with Gasteiger partial charge >= 0.3 is 5.97 Å². The number of carbonyl (C=O) groups excluding carboxylic acids is 1. The van der Waals surface area contributed by atoms with Crippen LogP contribution in [0, 0.1) is 6.92 Å². The molecule has 0 fully saturated rings. The van der Waals surface area contributed by atoms with E-state index in [9.17, 15) is 4.79 Å². The Morgan fingerprint density at radius 1 is 1.15 bits per heavy atom. The van der Waals surface area contributed by atoms with Crippen LogP contribution in [-0.2, 0) is 11.3 Å². The summed E-state index contributed by atoms with van der Waals surface area (Å²) in [6.45, 7) is 2.53. The molecule has 0 atom stereocenters. The molecule has 0 aliphatic rings. The third kappa shape index (κ3) is 3.39. The molecular formula is C20H21N3O3. The molecule has 0 amide bonds. The second-order valence-corrected chi connectivity index (χ2v) is 5.98. The predicted molar refractivity (Wildman–Crippen MR) is 100 cm³/mol. The molecule has 2 N–H and O–H groups in total. The van der Waals surface area contributed by atoms with Crippen LogP contribution >= 0.6 is 0 Å². The number of aromatic nitrogens is 2. The fraction of sp³-hybridized carbons (Fsp3) is 0.200. The fourth-order valence-electron chi connectivity index (χ4n) is 2.84. The number of ether oxygens (including phenoxy) is 2. The highest BCUT2D eigenvalue weighted by Gasteiger charge is 2.16. The summed E-state index contributed by atoms with van der Waals surface area (Å²) in [6, 6.07) is 13.2. The third-order valence-electron chi connectivity index (χ3n) is 4.27. The highest BCUT2D eigenvalue weighted by molar-refractivity contribution is 5.92. The van der Waals surface area contributed by atoms with Crippen LogP contribution in [0.3, 0.4) is 0 Å². The van der Waals surface area contributed by atoms with Crippen LogP contribution < -0.4 is 10.5 Å². The van der Waals surface area contributed by atoms with Crippen molar-refractivity contribution < 1.29 is 14.3 Å². The Kier molecular flexibility index (Phi) is 4.93. The van der Waals surface area contributed by atoms with Crippen molar-refractivity contribution in [2.45, 2.75) is 13.5 Å². The van der Waals surface area contributed by atoms with E-state index in [0.29, 0.717) is 17.8 Å². The Balaban J connectivity index is 2.01. The zero-order chi connectivity index (χ0) is 18.7. The summed E-state index contributed by atoms with van der Waals surface area (Å²) in [5.74, 6) is 0.418. The van der Waals surface area contributed by atoms with Crippen molar-refractivity contribution in [1.29, 1.82) is 0 Å². The number of hydrogen-bond donors (Lipinski definition) is 1. The van der Waals surface area contributed by atoms with Gasteiger partial charge in [-0.05, 0) is 42.3 Å². The van der Waals surface area contributed by atoms with E-state index in [4.69, 9.17) is 15.2 Å². The first-order chi connectivity index (χ1) is 12.5. The Morgan fingerprint density at radius 2 is 1.88 bits per heavy atom. The molecule has 1 aromatic heterocycles. The second kappa shape index (κ2) is 7.31. The van der Waals surface area contributed by atoms with Gasteiger partial charge in [-0.15, -0.1) is 0 Å². The molecule has 6 nitrogen and oxygen atoms in total. The van der Waals surface area contributed by atoms with Gasteiger partial charge in [0.15, 0.2) is 0 Å². The van der Waals surface area contributed by atoms with Crippen LogP contribution in [-0.4, -0.2) is 30.0 Å². The average Bonchev–Trinajstić information content (AvgIpc) is 3.02. The maximum atomic E-state index is 11.9. The number of esters is 1. The van der Waals surface area contributed by atoms with Crippen LogP contribution in [0.2, 0.25) is 0 Å². The van der Waals surface area contributed by atoms with E-state index in [1.54, 1.807) is 25.4 Å². The Labute approximate surface area is 152 Å². The van der Waals surface area contributed by atoms with Crippen LogP contribution in [0.4, 0.5) is 5.69 Å². The first-order valence-electron chi connectivity index (χ1n) is 8.17. The number of nitrogen functional groups attached to an aromatic ring is 1. The number of methoxy groups -OCH3 is 2. The van der Waals surface area contributed by atoms with Gasteiger partial charge in [-0.2, -0.15) is 5.10 Å². The summed E-state index contributed by atoms with van der Waals surface area (Å²) in [4.78, 5) is 11.9. The summed E-state index contributed by atoms with van der Waals surface area (Å²) in [5.41, 5.74) is 10.9. The van der Waals surface area contributed by atoms with E-state index in [1.165, 1.54) is 7.11 Å². The van der Waals surface area contributed by atoms with Crippen LogP contribution in [0.15, 0.2) is 48.7 Å². The van der Waals surface area contributed by atoms with Gasteiger partial charge in [-0.1, -0.05) is 18.2 Å². The minimum atomic E-state index is -0.383. The van der Waals surface area contributed by atoms with Gasteiger partial charge in [0.2, 0.25) is 0 Å². The Morgan fingerprint density at radius 3 is 2.54 bits per heavy atom. The molecule has 6 heteroatoms. The van der Waals surface area contributed by atoms with Crippen LogP contribution in [0.1, 0.15) is 21.5 Å². The molecule has 0 spiro atoms. The molecule has 0 radical (unpaired) electrons. The molecule has 3 aromatic rings. The first-order valence-corrected chi connectivity index (χ1v) is 8.17. The number of rotatable bonds is 5. The summed E-state index contributed by atoms with van der Waals surface area (Å²) >= 11 is 0. The minimum Gasteiger partial charge on any atom is -0.497 e. The molecule has 1 heterocycles. The van der Waals surface area contributed by atoms with Crippen molar-refractivity contribution in [1.82, 2.24) is 9.78 Å². The van der Waals surface area contributed by atoms with Crippen molar-refractivity contribution in [2.24, 2.45) is 0 Å². The lowest BCUT2D eigenvalue weighted by molar-refractivity contribution is 0.0601. The van der Waals surface area contributed by atoms with E-state index in [0.717, 1.165) is 28.1 Å². The molecular weight excluding hydrogens is 330 g/mol. The zero-order valence-electron chi connectivity index (χ0n) is 15.0. The highest BCUT2D eigenvalue weighted by atomic mass is 16.5. The monoisotopic (exact) mass is 351 g/mol. The number of carbonyl (C=O) groups is 1. The average molecular weight is 351 g/mol. The van der Waals surface area contributed by atoms with Crippen molar-refractivity contribution in [3.63, 3.8) is 0 Å². The van der Waals surface area contributed by atoms with E-state index < -0.39 is 0 Å². The van der Waals surface area contributed by atoms with Crippen molar-refractivity contribution >= 4 is 11.7 Å². The normalized spacial score (nSPS) is 10.6. The fourth-order valence-corrected chi connectivity index (χ4v) is 2.84. The lowest BCUT2D eigenvalue weighted by Crippen LogP contribution is -2.07. The number of anilines is 1. The van der Waals surface area contributed by atoms with Gasteiger partial charge < -0.3 is 15.2 Å². The minimum absolute atomic E-state index is 0.383. The molecule has 3 rings (SSSR count). The third-order valence-corrected chi connectivity index (χ3v) is 4.27. The van der Waals surface area contributed by atoms with E-state index in [2.05, 4.69) is 5.10 Å². The molecule has 0 aliphatic heterocycles. The largest absolute Gasteiger partial charge is 0.497 e. The maximum Gasteiger partial charge on any atom is 0.337 e. The van der Waals surface area contributed by atoms with Gasteiger partial charge in [0.25, 0.3) is 0 Å². The predicted octanol–water partition coefficient (Wildman–Crippen LogP) is 3.28. The summed E-state index contributed by atoms with van der Waals surface area (Å²) < 4.78 is 11.8. The van der Waals surface area contributed by atoms with E-state index >= 15 is 0 Å². The van der Waals surface area contributed by atoms with Gasteiger partial charge in [0, 0.05) is 5.56 Å². The summed E-state index contributed by atoms with van der Waals surface area (Å²) in [7, 11) is 3.00. The van der Waals surface area contributed by atoms with E-state index in [-0.39, 0.29) is 5.97 Å². The van der Waals surface area contributed by atoms with Crippen molar-refractivity contribution in [3.05, 3.63) is 65.4 Å². The molecule has 0 bridgehead atoms. The number of nitrogens with zero attached hydrogens (tertiary/aromatic N) is 2. The summed E-state index contributed by atoms with van der Waals surface area (Å²) in [5, 5.41) is 4.41. The molecule has 0 saturated heterocycles. The van der Waals surface area contributed by atoms with Gasteiger partial charge in [-0.3, -0.25) is 4.68 Å². The second-order valence-electron chi connectivity index (χ2n) is 5.98. The van der Waals surface area contributed by atoms with Crippen LogP contribution in [0.25, 0.3) is 11.3 Å². The first kappa shape index (κ1) is 17.5. The highest BCUT2D eigenvalue weighted by Crippen LogP contribution is 2.30. The standard InChI is InChI=1S/C20H21N3O3/c1-13-4-7-15(20(24)26-3)10-17(13)19-18(21)11-22-23(19)12-14-5-8-16(25-2)9-6-14/h4-11H,12,21H2,1-3H3. The number of aryl methyl sites for hydroxylation is 1. The summed E-state index contributed by atoms with van der Waals surface area (Å²) in [6.07, 6.45) is 1.63. The zero-order valence-corrected chi connectivity index (χ0v) is 15.0. The van der Waals surface area contributed by atoms with Gasteiger partial charge in [0.1, 0.15) is 5.75 Å². The molecule has 2 aromatic carbocycles. The lowest BCUT2D eigenvalue weighted by Gasteiger charge is -2.13. The topological polar surface area (TPSA) is 79.4 Å². The Bertz CT molecular complexity index is 930. The quantitative estimate of drug-likeness (QED) is 0.714. The number of nitrogens with two attached hydrogens (primary N) is 1.